The Hall–Kier alpha value is -3.15. The van der Waals surface area contributed by atoms with E-state index < -0.39 is 6.10 Å². The van der Waals surface area contributed by atoms with Crippen LogP contribution in [-0.2, 0) is 28.6 Å². The first-order valence-corrected chi connectivity index (χ1v) is 24.4. The second kappa shape index (κ2) is 47.5. The van der Waals surface area contributed by atoms with Crippen LogP contribution in [0.4, 0.5) is 0 Å². The Labute approximate surface area is 363 Å². The number of rotatable bonds is 43. The molecule has 0 fully saturated rings. The maximum Gasteiger partial charge on any atom is 0.306 e. The number of ether oxygens (including phenoxy) is 3. The fourth-order valence-electron chi connectivity index (χ4n) is 6.54. The van der Waals surface area contributed by atoms with Crippen LogP contribution in [0.2, 0.25) is 0 Å². The van der Waals surface area contributed by atoms with Gasteiger partial charge in [-0.15, -0.1) is 0 Å². The summed E-state index contributed by atoms with van der Waals surface area (Å²) in [7, 11) is 0. The molecule has 0 saturated heterocycles. The Bertz CT molecular complexity index is 1130. The molecule has 0 radical (unpaired) electrons. The van der Waals surface area contributed by atoms with Gasteiger partial charge in [-0.3, -0.25) is 14.4 Å². The Kier molecular flexibility index (Phi) is 45.0. The Morgan fingerprint density at radius 3 is 1.17 bits per heavy atom. The maximum atomic E-state index is 12.7. The molecule has 0 aromatic heterocycles. The quantitative estimate of drug-likeness (QED) is 0.0264. The largest absolute Gasteiger partial charge is 0.462 e. The molecule has 0 saturated carbocycles. The maximum absolute atomic E-state index is 12.7. The minimum Gasteiger partial charge on any atom is -0.462 e. The highest BCUT2D eigenvalue weighted by atomic mass is 16.6. The summed E-state index contributed by atoms with van der Waals surface area (Å²) in [6, 6.07) is 0. The first-order chi connectivity index (χ1) is 29.0. The van der Waals surface area contributed by atoms with Gasteiger partial charge in [0.2, 0.25) is 0 Å². The lowest BCUT2D eigenvalue weighted by molar-refractivity contribution is -0.166. The minimum absolute atomic E-state index is 0.101. The third kappa shape index (κ3) is 45.8. The summed E-state index contributed by atoms with van der Waals surface area (Å²) in [6.07, 6.45) is 58.9. The number of allylic oxidation sites excluding steroid dienone is 12. The van der Waals surface area contributed by atoms with Gasteiger partial charge in [-0.25, -0.2) is 0 Å². The summed E-state index contributed by atoms with van der Waals surface area (Å²) in [6.45, 7) is 6.42. The van der Waals surface area contributed by atoms with E-state index in [4.69, 9.17) is 14.2 Å². The van der Waals surface area contributed by atoms with Crippen LogP contribution in [0.3, 0.4) is 0 Å². The molecule has 0 bridgehead atoms. The zero-order valence-corrected chi connectivity index (χ0v) is 38.5. The Morgan fingerprint density at radius 2 is 0.695 bits per heavy atom. The summed E-state index contributed by atoms with van der Waals surface area (Å²) in [5.74, 6) is -0.997. The second-order valence-electron chi connectivity index (χ2n) is 16.0. The molecule has 6 heteroatoms. The van der Waals surface area contributed by atoms with Gasteiger partial charge in [-0.1, -0.05) is 203 Å². The van der Waals surface area contributed by atoms with Gasteiger partial charge in [0.25, 0.3) is 0 Å². The average Bonchev–Trinajstić information content (AvgIpc) is 3.23. The molecule has 0 aliphatic rings. The molecule has 0 rings (SSSR count). The highest BCUT2D eigenvalue weighted by molar-refractivity contribution is 5.71. The van der Waals surface area contributed by atoms with Crippen molar-refractivity contribution in [2.24, 2.45) is 0 Å². The zero-order chi connectivity index (χ0) is 43.0. The number of carbonyl (C=O) groups is 3. The highest BCUT2D eigenvalue weighted by Gasteiger charge is 2.19. The van der Waals surface area contributed by atoms with Crippen LogP contribution in [0.25, 0.3) is 0 Å². The molecule has 6 nitrogen and oxygen atoms in total. The van der Waals surface area contributed by atoms with Gasteiger partial charge >= 0.3 is 17.9 Å². The second-order valence-corrected chi connectivity index (χ2v) is 16.0. The highest BCUT2D eigenvalue weighted by Crippen LogP contribution is 2.14. The summed E-state index contributed by atoms with van der Waals surface area (Å²) in [5, 5.41) is 0. The predicted molar refractivity (Wildman–Crippen MR) is 251 cm³/mol. The van der Waals surface area contributed by atoms with Crippen molar-refractivity contribution in [3.05, 3.63) is 72.9 Å². The minimum atomic E-state index is -0.805. The summed E-state index contributed by atoms with van der Waals surface area (Å²) < 4.78 is 16.7. The molecule has 0 aromatic carbocycles. The molecule has 0 aromatic rings. The lowest BCUT2D eigenvalue weighted by Gasteiger charge is -2.18. The number of hydrogen-bond acceptors (Lipinski definition) is 6. The SMILES string of the molecule is CC/C=C\C/C=C\C/C=C\C/C=C\C/C=C\CCC(=O)OCC(COC(=O)CCCCCCC/C=C\CCCCC)OC(=O)CCCCCCCCCCCCCCC. The van der Waals surface area contributed by atoms with Gasteiger partial charge in [0.1, 0.15) is 13.2 Å². The third-order valence-corrected chi connectivity index (χ3v) is 10.2. The van der Waals surface area contributed by atoms with Crippen molar-refractivity contribution >= 4 is 17.9 Å². The van der Waals surface area contributed by atoms with E-state index in [2.05, 4.69) is 81.5 Å². The van der Waals surface area contributed by atoms with Crippen molar-refractivity contribution in [2.45, 2.75) is 232 Å². The van der Waals surface area contributed by atoms with Crippen LogP contribution in [0.15, 0.2) is 72.9 Å². The van der Waals surface area contributed by atoms with Crippen LogP contribution in [0, 0.1) is 0 Å². The van der Waals surface area contributed by atoms with Gasteiger partial charge in [0.15, 0.2) is 6.10 Å². The molecule has 0 amide bonds. The standard InChI is InChI=1S/C53H90O6/c1-4-7-10-13-16-19-22-25-26-27-29-31-34-37-40-43-46-52(55)58-49-50(48-57-51(54)45-42-39-36-33-30-24-21-18-15-12-9-6-3)59-53(56)47-44-41-38-35-32-28-23-20-17-14-11-8-5-2/h7,10,16,18-19,21,25-26,29,31,37,40,50H,4-6,8-9,11-15,17,20,22-24,27-28,30,32-36,38-39,41-49H2,1-3H3/b10-7-,19-16-,21-18-,26-25-,31-29-,40-37-. The smallest absolute Gasteiger partial charge is 0.306 e. The molecule has 59 heavy (non-hydrogen) atoms. The van der Waals surface area contributed by atoms with Crippen molar-refractivity contribution in [2.75, 3.05) is 13.2 Å². The van der Waals surface area contributed by atoms with Crippen LogP contribution >= 0.6 is 0 Å². The van der Waals surface area contributed by atoms with Crippen molar-refractivity contribution in [3.8, 4) is 0 Å². The Balaban J connectivity index is 4.49. The first-order valence-electron chi connectivity index (χ1n) is 24.4. The van der Waals surface area contributed by atoms with E-state index >= 15 is 0 Å². The number of unbranched alkanes of at least 4 members (excludes halogenated alkanes) is 20. The van der Waals surface area contributed by atoms with Gasteiger partial charge in [-0.05, 0) is 77.0 Å². The lowest BCUT2D eigenvalue weighted by Crippen LogP contribution is -2.30. The van der Waals surface area contributed by atoms with Crippen molar-refractivity contribution in [1.29, 1.82) is 0 Å². The van der Waals surface area contributed by atoms with Crippen LogP contribution < -0.4 is 0 Å². The Morgan fingerprint density at radius 1 is 0.356 bits per heavy atom. The van der Waals surface area contributed by atoms with Crippen LogP contribution in [-0.4, -0.2) is 37.2 Å². The fraction of sp³-hybridized carbons (Fsp3) is 0.717. The number of esters is 3. The van der Waals surface area contributed by atoms with Gasteiger partial charge < -0.3 is 14.2 Å². The molecule has 1 atom stereocenters. The van der Waals surface area contributed by atoms with E-state index in [1.165, 1.54) is 96.3 Å². The van der Waals surface area contributed by atoms with Crippen LogP contribution in [0.5, 0.6) is 0 Å². The van der Waals surface area contributed by atoms with E-state index in [0.29, 0.717) is 19.3 Å². The molecular formula is C53H90O6. The number of carbonyl (C=O) groups excluding carboxylic acids is 3. The first kappa shape index (κ1) is 55.9. The summed E-state index contributed by atoms with van der Waals surface area (Å²) in [5.41, 5.74) is 0. The van der Waals surface area contributed by atoms with E-state index in [1.807, 2.05) is 12.2 Å². The van der Waals surface area contributed by atoms with Crippen molar-refractivity contribution < 1.29 is 28.6 Å². The average molecular weight is 823 g/mol. The monoisotopic (exact) mass is 823 g/mol. The van der Waals surface area contributed by atoms with Gasteiger partial charge in [0, 0.05) is 19.3 Å². The third-order valence-electron chi connectivity index (χ3n) is 10.2. The van der Waals surface area contributed by atoms with E-state index in [1.54, 1.807) is 0 Å². The molecule has 338 valence electrons. The molecule has 0 N–H and O–H groups in total. The topological polar surface area (TPSA) is 78.9 Å². The predicted octanol–water partition coefficient (Wildman–Crippen LogP) is 15.9. The van der Waals surface area contributed by atoms with Gasteiger partial charge in [0.05, 0.1) is 0 Å². The van der Waals surface area contributed by atoms with Crippen LogP contribution in [0.1, 0.15) is 226 Å². The van der Waals surface area contributed by atoms with E-state index in [-0.39, 0.29) is 37.5 Å². The summed E-state index contributed by atoms with van der Waals surface area (Å²) in [4.78, 5) is 37.8. The summed E-state index contributed by atoms with van der Waals surface area (Å²) >= 11 is 0. The molecule has 0 aliphatic heterocycles. The molecular weight excluding hydrogens is 733 g/mol. The molecule has 1 unspecified atom stereocenters. The molecule has 0 aliphatic carbocycles. The molecule has 0 heterocycles. The van der Waals surface area contributed by atoms with Crippen molar-refractivity contribution in [3.63, 3.8) is 0 Å². The van der Waals surface area contributed by atoms with Crippen molar-refractivity contribution in [1.82, 2.24) is 0 Å². The lowest BCUT2D eigenvalue weighted by atomic mass is 10.0. The van der Waals surface area contributed by atoms with Gasteiger partial charge in [-0.2, -0.15) is 0 Å². The van der Waals surface area contributed by atoms with E-state index in [0.717, 1.165) is 83.5 Å². The number of hydrogen-bond donors (Lipinski definition) is 0. The normalized spacial score (nSPS) is 12.7. The zero-order valence-electron chi connectivity index (χ0n) is 38.5. The fourth-order valence-corrected chi connectivity index (χ4v) is 6.54. The molecule has 0 spiro atoms. The van der Waals surface area contributed by atoms with E-state index in [9.17, 15) is 14.4 Å².